The number of nitro benzene ring substituents is 1. The highest BCUT2D eigenvalue weighted by molar-refractivity contribution is 8.26. The molecule has 9 heteroatoms. The summed E-state index contributed by atoms with van der Waals surface area (Å²) in [6.45, 7) is 1.04. The second-order valence-electron chi connectivity index (χ2n) is 5.66. The van der Waals surface area contributed by atoms with Crippen LogP contribution in [0.2, 0.25) is 0 Å². The number of methoxy groups -OCH3 is 1. The Bertz CT molecular complexity index is 922. The largest absolute Gasteiger partial charge is 0.456 e. The molecular formula is C18H16N2O5S2. The third-order valence-corrected chi connectivity index (χ3v) is 5.25. The van der Waals surface area contributed by atoms with Gasteiger partial charge in [-0.25, -0.2) is 0 Å². The Kier molecular flexibility index (Phi) is 6.04. The van der Waals surface area contributed by atoms with Crippen molar-refractivity contribution in [3.63, 3.8) is 0 Å². The number of nitro groups is 1. The summed E-state index contributed by atoms with van der Waals surface area (Å²) in [4.78, 5) is 25.2. The highest BCUT2D eigenvalue weighted by Gasteiger charge is 2.31. The first kappa shape index (κ1) is 19.3. The van der Waals surface area contributed by atoms with Crippen LogP contribution in [0.15, 0.2) is 45.7 Å². The summed E-state index contributed by atoms with van der Waals surface area (Å²) in [7, 11) is 1.61. The predicted molar refractivity (Wildman–Crippen MR) is 107 cm³/mol. The number of ether oxygens (including phenoxy) is 1. The van der Waals surface area contributed by atoms with Gasteiger partial charge >= 0.3 is 0 Å². The summed E-state index contributed by atoms with van der Waals surface area (Å²) >= 11 is 6.48. The van der Waals surface area contributed by atoms with Crippen molar-refractivity contribution in [2.75, 3.05) is 20.3 Å². The lowest BCUT2D eigenvalue weighted by atomic mass is 10.1. The van der Waals surface area contributed by atoms with Gasteiger partial charge in [-0.15, -0.1) is 0 Å². The second-order valence-corrected chi connectivity index (χ2v) is 7.33. The van der Waals surface area contributed by atoms with E-state index in [1.165, 1.54) is 22.7 Å². The number of carbonyl (C=O) groups is 1. The standard InChI is InChI=1S/C18H16N2O5S2/c1-24-10-4-9-19-17(21)16(27-18(19)26)11-12-7-8-15(25-12)13-5-2-3-6-14(13)20(22)23/h2-3,5-8,11H,4,9-10H2,1H3. The number of benzene rings is 1. The van der Waals surface area contributed by atoms with Crippen LogP contribution in [0.5, 0.6) is 0 Å². The van der Waals surface area contributed by atoms with Crippen LogP contribution in [-0.2, 0) is 9.53 Å². The van der Waals surface area contributed by atoms with Crippen LogP contribution >= 0.6 is 24.0 Å². The SMILES string of the molecule is COCCCN1C(=O)C(=Cc2ccc(-c3ccccc3[N+](=O)[O-])o2)SC1=S. The molecule has 0 saturated carbocycles. The Labute approximate surface area is 165 Å². The number of rotatable bonds is 7. The second kappa shape index (κ2) is 8.47. The lowest BCUT2D eigenvalue weighted by Crippen LogP contribution is -2.29. The van der Waals surface area contributed by atoms with E-state index in [9.17, 15) is 14.9 Å². The zero-order chi connectivity index (χ0) is 19.4. The van der Waals surface area contributed by atoms with Crippen molar-refractivity contribution >= 4 is 46.0 Å². The van der Waals surface area contributed by atoms with Gasteiger partial charge in [0.2, 0.25) is 0 Å². The first-order chi connectivity index (χ1) is 13.0. The monoisotopic (exact) mass is 404 g/mol. The highest BCUT2D eigenvalue weighted by atomic mass is 32.2. The quantitative estimate of drug-likeness (QED) is 0.226. The number of thioether (sulfide) groups is 1. The molecule has 1 aromatic heterocycles. The number of hydrogen-bond acceptors (Lipinski definition) is 7. The van der Waals surface area contributed by atoms with Crippen LogP contribution in [-0.4, -0.2) is 40.3 Å². The molecule has 0 radical (unpaired) electrons. The summed E-state index contributed by atoms with van der Waals surface area (Å²) in [5.74, 6) is 0.620. The van der Waals surface area contributed by atoms with Gasteiger partial charge in [0.15, 0.2) is 0 Å². The predicted octanol–water partition coefficient (Wildman–Crippen LogP) is 4.09. The molecule has 0 spiro atoms. The van der Waals surface area contributed by atoms with Crippen LogP contribution in [0.4, 0.5) is 5.69 Å². The van der Waals surface area contributed by atoms with Crippen molar-refractivity contribution in [1.82, 2.24) is 4.90 Å². The highest BCUT2D eigenvalue weighted by Crippen LogP contribution is 2.35. The van der Waals surface area contributed by atoms with Gasteiger partial charge in [-0.3, -0.25) is 19.8 Å². The molecule has 1 saturated heterocycles. The van der Waals surface area contributed by atoms with Crippen molar-refractivity contribution in [3.8, 4) is 11.3 Å². The van der Waals surface area contributed by atoms with Crippen LogP contribution in [0.3, 0.4) is 0 Å². The number of nitrogens with zero attached hydrogens (tertiary/aromatic N) is 2. The molecule has 140 valence electrons. The minimum atomic E-state index is -0.456. The van der Waals surface area contributed by atoms with Gasteiger partial charge in [-0.2, -0.15) is 0 Å². The third-order valence-electron chi connectivity index (χ3n) is 3.87. The van der Waals surface area contributed by atoms with Crippen molar-refractivity contribution in [1.29, 1.82) is 0 Å². The maximum absolute atomic E-state index is 12.5. The fourth-order valence-electron chi connectivity index (χ4n) is 2.61. The van der Waals surface area contributed by atoms with Gasteiger partial charge < -0.3 is 9.15 Å². The van der Waals surface area contributed by atoms with Gasteiger partial charge in [0, 0.05) is 32.4 Å². The lowest BCUT2D eigenvalue weighted by Gasteiger charge is -2.13. The van der Waals surface area contributed by atoms with Gasteiger partial charge in [-0.1, -0.05) is 36.1 Å². The van der Waals surface area contributed by atoms with Crippen molar-refractivity contribution in [2.45, 2.75) is 6.42 Å². The number of thiocarbonyl (C=S) groups is 1. The molecule has 1 fully saturated rings. The minimum Gasteiger partial charge on any atom is -0.456 e. The summed E-state index contributed by atoms with van der Waals surface area (Å²) in [5.41, 5.74) is 0.345. The Morgan fingerprint density at radius 3 is 2.85 bits per heavy atom. The van der Waals surface area contributed by atoms with Crippen LogP contribution in [0, 0.1) is 10.1 Å². The van der Waals surface area contributed by atoms with E-state index in [0.29, 0.717) is 45.9 Å². The van der Waals surface area contributed by atoms with E-state index in [2.05, 4.69) is 0 Å². The van der Waals surface area contributed by atoms with E-state index >= 15 is 0 Å². The maximum atomic E-state index is 12.5. The molecule has 1 amide bonds. The Balaban J connectivity index is 1.81. The average Bonchev–Trinajstić information content (AvgIpc) is 3.22. The van der Waals surface area contributed by atoms with E-state index in [0.717, 1.165) is 0 Å². The molecular weight excluding hydrogens is 388 g/mol. The Morgan fingerprint density at radius 1 is 1.33 bits per heavy atom. The van der Waals surface area contributed by atoms with Gasteiger partial charge in [0.25, 0.3) is 11.6 Å². The molecule has 0 bridgehead atoms. The molecule has 0 aliphatic carbocycles. The summed E-state index contributed by atoms with van der Waals surface area (Å²) < 4.78 is 11.2. The van der Waals surface area contributed by atoms with E-state index in [4.69, 9.17) is 21.4 Å². The molecule has 7 nitrogen and oxygen atoms in total. The molecule has 0 atom stereocenters. The summed E-state index contributed by atoms with van der Waals surface area (Å²) in [6.07, 6.45) is 2.30. The minimum absolute atomic E-state index is 0.0390. The third kappa shape index (κ3) is 4.26. The molecule has 1 aliphatic heterocycles. The van der Waals surface area contributed by atoms with Gasteiger partial charge in [0.1, 0.15) is 15.8 Å². The van der Waals surface area contributed by atoms with Gasteiger partial charge in [-0.05, 0) is 24.6 Å². The number of amides is 1. The fourth-order valence-corrected chi connectivity index (χ4v) is 3.89. The average molecular weight is 404 g/mol. The Hall–Kier alpha value is -2.49. The van der Waals surface area contributed by atoms with Crippen molar-refractivity contribution in [2.24, 2.45) is 0 Å². The van der Waals surface area contributed by atoms with Crippen molar-refractivity contribution in [3.05, 3.63) is 57.2 Å². The first-order valence-corrected chi connectivity index (χ1v) is 9.31. The van der Waals surface area contributed by atoms with Gasteiger partial charge in [0.05, 0.1) is 15.4 Å². The molecule has 2 heterocycles. The van der Waals surface area contributed by atoms with E-state index < -0.39 is 4.92 Å². The first-order valence-electron chi connectivity index (χ1n) is 8.09. The van der Waals surface area contributed by atoms with E-state index in [1.807, 2.05) is 0 Å². The van der Waals surface area contributed by atoms with E-state index in [-0.39, 0.29) is 11.6 Å². The Morgan fingerprint density at radius 2 is 2.11 bits per heavy atom. The maximum Gasteiger partial charge on any atom is 0.280 e. The molecule has 1 aliphatic rings. The smallest absolute Gasteiger partial charge is 0.280 e. The number of furan rings is 1. The number of hydrogen-bond donors (Lipinski definition) is 0. The van der Waals surface area contributed by atoms with Crippen LogP contribution in [0.25, 0.3) is 17.4 Å². The molecule has 27 heavy (non-hydrogen) atoms. The molecule has 2 aromatic rings. The lowest BCUT2D eigenvalue weighted by molar-refractivity contribution is -0.384. The normalized spacial score (nSPS) is 15.7. The molecule has 0 N–H and O–H groups in total. The van der Waals surface area contributed by atoms with Crippen LogP contribution in [0.1, 0.15) is 12.2 Å². The zero-order valence-corrected chi connectivity index (χ0v) is 16.0. The number of para-hydroxylation sites is 1. The molecule has 0 unspecified atom stereocenters. The van der Waals surface area contributed by atoms with Crippen LogP contribution < -0.4 is 0 Å². The molecule has 3 rings (SSSR count). The van der Waals surface area contributed by atoms with Crippen molar-refractivity contribution < 1.29 is 18.9 Å². The molecule has 1 aromatic carbocycles. The zero-order valence-electron chi connectivity index (χ0n) is 14.4. The van der Waals surface area contributed by atoms with E-state index in [1.54, 1.807) is 43.5 Å². The topological polar surface area (TPSA) is 85.8 Å². The summed E-state index contributed by atoms with van der Waals surface area (Å²) in [6, 6.07) is 9.66. The summed E-state index contributed by atoms with van der Waals surface area (Å²) in [5, 5.41) is 11.2. The fraction of sp³-hybridized carbons (Fsp3) is 0.222. The number of carbonyl (C=O) groups excluding carboxylic acids is 1.